The van der Waals surface area contributed by atoms with Crippen molar-refractivity contribution in [1.82, 2.24) is 5.32 Å². The lowest BCUT2D eigenvalue weighted by atomic mass is 10.1. The average molecular weight is 361 g/mol. The molecule has 0 saturated carbocycles. The van der Waals surface area contributed by atoms with Crippen LogP contribution in [0.25, 0.3) is 0 Å². The highest BCUT2D eigenvalue weighted by molar-refractivity contribution is 7.99. The van der Waals surface area contributed by atoms with Gasteiger partial charge in [0.2, 0.25) is 5.91 Å². The van der Waals surface area contributed by atoms with Crippen molar-refractivity contribution in [1.29, 1.82) is 0 Å². The first-order chi connectivity index (χ1) is 11.5. The van der Waals surface area contributed by atoms with E-state index in [1.807, 2.05) is 25.1 Å². The maximum atomic E-state index is 12.2. The van der Waals surface area contributed by atoms with E-state index in [4.69, 9.17) is 0 Å². The Kier molecular flexibility index (Phi) is 4.96. The molecule has 1 heterocycles. The lowest BCUT2D eigenvalue weighted by molar-refractivity contribution is -0.119. The number of carbonyl (C=O) groups is 1. The largest absolute Gasteiger partial charge is 0.347 e. The Bertz CT molecular complexity index is 862. The number of benzene rings is 2. The van der Waals surface area contributed by atoms with Gasteiger partial charge in [-0.25, -0.2) is 8.42 Å². The minimum Gasteiger partial charge on any atom is -0.347 e. The molecule has 24 heavy (non-hydrogen) atoms. The Morgan fingerprint density at radius 1 is 1.21 bits per heavy atom. The van der Waals surface area contributed by atoms with E-state index >= 15 is 0 Å². The monoisotopic (exact) mass is 361 g/mol. The number of amides is 1. The second-order valence-corrected chi connectivity index (χ2v) is 8.91. The molecule has 0 spiro atoms. The molecule has 1 amide bonds. The van der Waals surface area contributed by atoms with Crippen LogP contribution in [0.1, 0.15) is 22.7 Å². The molecule has 1 aliphatic rings. The molecule has 126 valence electrons. The fourth-order valence-electron chi connectivity index (χ4n) is 2.87. The third-order valence-electron chi connectivity index (χ3n) is 3.94. The first-order valence-corrected chi connectivity index (χ1v) is 10.5. The standard InChI is InChI=1S/C18H19NO3S2/c1-13-5-4-6-14(9-13)10-23-11-18(20)19-16-12-24(21,22)17-8-3-2-7-15(16)17/h2-9,16H,10-12H2,1H3,(H,19,20)/t16-/m0/s1. The highest BCUT2D eigenvalue weighted by atomic mass is 32.2. The molecule has 0 unspecified atom stereocenters. The molecule has 0 radical (unpaired) electrons. The summed E-state index contributed by atoms with van der Waals surface area (Å²) in [4.78, 5) is 12.5. The lowest BCUT2D eigenvalue weighted by Crippen LogP contribution is -2.31. The molecule has 6 heteroatoms. The Hall–Kier alpha value is -1.79. The van der Waals surface area contributed by atoms with Crippen molar-refractivity contribution in [2.75, 3.05) is 11.5 Å². The van der Waals surface area contributed by atoms with Gasteiger partial charge in [0.05, 0.1) is 22.4 Å². The van der Waals surface area contributed by atoms with Crippen LogP contribution in [-0.2, 0) is 20.4 Å². The smallest absolute Gasteiger partial charge is 0.230 e. The minimum absolute atomic E-state index is 0.0549. The van der Waals surface area contributed by atoms with Crippen LogP contribution in [0.2, 0.25) is 0 Å². The van der Waals surface area contributed by atoms with E-state index in [1.165, 1.54) is 22.9 Å². The summed E-state index contributed by atoms with van der Waals surface area (Å²) in [6.07, 6.45) is 0. The van der Waals surface area contributed by atoms with Gasteiger partial charge in [-0.2, -0.15) is 0 Å². The summed E-state index contributed by atoms with van der Waals surface area (Å²) in [5.41, 5.74) is 3.07. The summed E-state index contributed by atoms with van der Waals surface area (Å²) in [6.45, 7) is 2.04. The van der Waals surface area contributed by atoms with E-state index in [0.717, 1.165) is 5.75 Å². The number of rotatable bonds is 5. The van der Waals surface area contributed by atoms with E-state index in [-0.39, 0.29) is 11.7 Å². The fourth-order valence-corrected chi connectivity index (χ4v) is 5.39. The Labute approximate surface area is 146 Å². The Morgan fingerprint density at radius 3 is 2.79 bits per heavy atom. The van der Waals surface area contributed by atoms with Gasteiger partial charge in [0.25, 0.3) is 0 Å². The van der Waals surface area contributed by atoms with Gasteiger partial charge < -0.3 is 5.32 Å². The third kappa shape index (κ3) is 3.82. The van der Waals surface area contributed by atoms with E-state index < -0.39 is 15.9 Å². The number of aryl methyl sites for hydroxylation is 1. The zero-order chi connectivity index (χ0) is 17.2. The van der Waals surface area contributed by atoms with Gasteiger partial charge in [0, 0.05) is 5.75 Å². The summed E-state index contributed by atoms with van der Waals surface area (Å²) in [7, 11) is -3.29. The van der Waals surface area contributed by atoms with Crippen LogP contribution in [0.4, 0.5) is 0 Å². The predicted molar refractivity (Wildman–Crippen MR) is 96.7 cm³/mol. The van der Waals surface area contributed by atoms with Crippen molar-refractivity contribution in [3.63, 3.8) is 0 Å². The molecule has 0 bridgehead atoms. The zero-order valence-corrected chi connectivity index (χ0v) is 15.0. The predicted octanol–water partition coefficient (Wildman–Crippen LogP) is 2.87. The van der Waals surface area contributed by atoms with Crippen LogP contribution in [-0.4, -0.2) is 25.8 Å². The van der Waals surface area contributed by atoms with Crippen molar-refractivity contribution in [3.05, 3.63) is 65.2 Å². The topological polar surface area (TPSA) is 63.2 Å². The van der Waals surface area contributed by atoms with Crippen LogP contribution < -0.4 is 5.32 Å². The van der Waals surface area contributed by atoms with Gasteiger partial charge in [-0.1, -0.05) is 48.0 Å². The zero-order valence-electron chi connectivity index (χ0n) is 13.4. The molecule has 0 aromatic heterocycles. The molecule has 0 aliphatic carbocycles. The maximum Gasteiger partial charge on any atom is 0.230 e. The number of thioether (sulfide) groups is 1. The van der Waals surface area contributed by atoms with E-state index in [9.17, 15) is 13.2 Å². The van der Waals surface area contributed by atoms with Gasteiger partial charge in [-0.15, -0.1) is 11.8 Å². The van der Waals surface area contributed by atoms with E-state index in [0.29, 0.717) is 16.2 Å². The summed E-state index contributed by atoms with van der Waals surface area (Å²) >= 11 is 1.53. The second-order valence-electron chi connectivity index (χ2n) is 5.92. The maximum absolute atomic E-state index is 12.2. The van der Waals surface area contributed by atoms with Crippen molar-refractivity contribution in [2.24, 2.45) is 0 Å². The third-order valence-corrected chi connectivity index (χ3v) is 6.75. The summed E-state index contributed by atoms with van der Waals surface area (Å²) in [5, 5.41) is 2.85. The molecule has 1 N–H and O–H groups in total. The van der Waals surface area contributed by atoms with Crippen LogP contribution in [0.3, 0.4) is 0 Å². The molecule has 2 aromatic carbocycles. The Morgan fingerprint density at radius 2 is 2.00 bits per heavy atom. The molecule has 1 aliphatic heterocycles. The van der Waals surface area contributed by atoms with Crippen molar-refractivity contribution in [3.8, 4) is 0 Å². The van der Waals surface area contributed by atoms with Crippen LogP contribution >= 0.6 is 11.8 Å². The quantitative estimate of drug-likeness (QED) is 0.889. The van der Waals surface area contributed by atoms with Crippen LogP contribution in [0.5, 0.6) is 0 Å². The van der Waals surface area contributed by atoms with E-state index in [1.54, 1.807) is 24.3 Å². The Balaban J connectivity index is 1.56. The van der Waals surface area contributed by atoms with Crippen molar-refractivity contribution in [2.45, 2.75) is 23.6 Å². The lowest BCUT2D eigenvalue weighted by Gasteiger charge is -2.12. The molecule has 2 aromatic rings. The average Bonchev–Trinajstić information content (AvgIpc) is 2.79. The second kappa shape index (κ2) is 6.99. The first-order valence-electron chi connectivity index (χ1n) is 7.70. The number of hydrogen-bond donors (Lipinski definition) is 1. The number of hydrogen-bond acceptors (Lipinski definition) is 4. The molecule has 3 rings (SSSR count). The van der Waals surface area contributed by atoms with Gasteiger partial charge in [0.1, 0.15) is 0 Å². The van der Waals surface area contributed by atoms with Crippen molar-refractivity contribution < 1.29 is 13.2 Å². The van der Waals surface area contributed by atoms with Gasteiger partial charge in [-0.05, 0) is 24.1 Å². The number of nitrogens with one attached hydrogen (secondary N) is 1. The van der Waals surface area contributed by atoms with Gasteiger partial charge in [-0.3, -0.25) is 4.79 Å². The molecule has 0 fully saturated rings. The first kappa shape index (κ1) is 17.0. The molecule has 1 atom stereocenters. The minimum atomic E-state index is -3.29. The SMILES string of the molecule is Cc1cccc(CSCC(=O)N[C@H]2CS(=O)(=O)c3ccccc32)c1. The normalized spacial score (nSPS) is 18.1. The van der Waals surface area contributed by atoms with E-state index in [2.05, 4.69) is 11.4 Å². The van der Waals surface area contributed by atoms with Crippen LogP contribution in [0, 0.1) is 6.92 Å². The summed E-state index contributed by atoms with van der Waals surface area (Å²) in [6, 6.07) is 14.6. The van der Waals surface area contributed by atoms with Crippen molar-refractivity contribution >= 4 is 27.5 Å². The fraction of sp³-hybridized carbons (Fsp3) is 0.278. The number of carbonyl (C=O) groups excluding carboxylic acids is 1. The molecule has 0 saturated heterocycles. The molecular weight excluding hydrogens is 342 g/mol. The van der Waals surface area contributed by atoms with Gasteiger partial charge >= 0.3 is 0 Å². The highest BCUT2D eigenvalue weighted by Crippen LogP contribution is 2.32. The highest BCUT2D eigenvalue weighted by Gasteiger charge is 2.34. The molecular formula is C18H19NO3S2. The summed E-state index contributed by atoms with van der Waals surface area (Å²) < 4.78 is 24.2. The van der Waals surface area contributed by atoms with Gasteiger partial charge in [0.15, 0.2) is 9.84 Å². The number of fused-ring (bicyclic) bond motifs is 1. The van der Waals surface area contributed by atoms with Crippen LogP contribution in [0.15, 0.2) is 53.4 Å². The molecule has 4 nitrogen and oxygen atoms in total. The summed E-state index contributed by atoms with van der Waals surface area (Å²) in [5.74, 6) is 0.881. The number of sulfone groups is 1.